The predicted molar refractivity (Wildman–Crippen MR) is 65.0 cm³/mol. The van der Waals surface area contributed by atoms with Crippen molar-refractivity contribution in [1.82, 2.24) is 0 Å². The van der Waals surface area contributed by atoms with Crippen LogP contribution < -0.4 is 11.5 Å². The van der Waals surface area contributed by atoms with Gasteiger partial charge in [0.15, 0.2) is 17.2 Å². The largest absolute Gasteiger partial charge is 0.366 e. The molecule has 1 aromatic rings. The minimum atomic E-state index is -3.29. The van der Waals surface area contributed by atoms with E-state index in [2.05, 4.69) is 4.99 Å². The maximum Gasteiger partial charge on any atom is 0.271 e. The van der Waals surface area contributed by atoms with E-state index in [1.54, 1.807) is 0 Å². The van der Waals surface area contributed by atoms with E-state index in [1.165, 1.54) is 0 Å². The van der Waals surface area contributed by atoms with Gasteiger partial charge < -0.3 is 16.2 Å². The quantitative estimate of drug-likeness (QED) is 0.813. The van der Waals surface area contributed by atoms with E-state index in [-0.39, 0.29) is 6.61 Å². The molecule has 2 atom stereocenters. The molecule has 1 unspecified atom stereocenters. The normalized spacial score (nSPS) is 25.3. The Morgan fingerprint density at radius 1 is 1.43 bits per heavy atom. The third kappa shape index (κ3) is 2.38. The number of primary amides is 1. The van der Waals surface area contributed by atoms with Crippen LogP contribution in [0.4, 0.5) is 17.6 Å². The summed E-state index contributed by atoms with van der Waals surface area (Å²) in [5.41, 5.74) is 6.44. The SMILES string of the molecule is NC(=O)c1cc(F)c(F)c(C2(C(F)F)N=CCO[C@H]2N)c1. The molecule has 0 radical (unpaired) electrons. The molecule has 1 aromatic carbocycles. The number of ether oxygens (including phenoxy) is 1. The minimum absolute atomic E-state index is 0.144. The number of benzene rings is 1. The number of halogens is 4. The van der Waals surface area contributed by atoms with Gasteiger partial charge in [-0.15, -0.1) is 0 Å². The lowest BCUT2D eigenvalue weighted by Gasteiger charge is -2.37. The average Bonchev–Trinajstić information content (AvgIpc) is 2.42. The second-order valence-corrected chi connectivity index (χ2v) is 4.38. The molecule has 1 aliphatic rings. The third-order valence-corrected chi connectivity index (χ3v) is 3.17. The van der Waals surface area contributed by atoms with Crippen molar-refractivity contribution in [2.75, 3.05) is 6.61 Å². The van der Waals surface area contributed by atoms with E-state index >= 15 is 0 Å². The highest BCUT2D eigenvalue weighted by Crippen LogP contribution is 2.39. The molecule has 9 heteroatoms. The van der Waals surface area contributed by atoms with Crippen LogP contribution in [0.5, 0.6) is 0 Å². The zero-order chi connectivity index (χ0) is 15.8. The Hall–Kier alpha value is -2.00. The molecule has 0 saturated heterocycles. The summed E-state index contributed by atoms with van der Waals surface area (Å²) >= 11 is 0. The summed E-state index contributed by atoms with van der Waals surface area (Å²) in [5.74, 6) is -4.19. The average molecular weight is 305 g/mol. The predicted octanol–water partition coefficient (Wildman–Crippen LogP) is 0.910. The first-order valence-electron chi connectivity index (χ1n) is 5.79. The lowest BCUT2D eigenvalue weighted by atomic mass is 9.86. The van der Waals surface area contributed by atoms with Gasteiger partial charge in [-0.3, -0.25) is 9.79 Å². The Morgan fingerprint density at radius 3 is 2.62 bits per heavy atom. The molecule has 0 aromatic heterocycles. The van der Waals surface area contributed by atoms with Crippen LogP contribution in [0.1, 0.15) is 15.9 Å². The Labute approximate surface area is 116 Å². The number of alkyl halides is 2. The fraction of sp³-hybridized carbons (Fsp3) is 0.333. The van der Waals surface area contributed by atoms with Gasteiger partial charge in [0.25, 0.3) is 6.43 Å². The number of rotatable bonds is 3. The topological polar surface area (TPSA) is 90.7 Å². The van der Waals surface area contributed by atoms with Gasteiger partial charge in [-0.05, 0) is 12.1 Å². The van der Waals surface area contributed by atoms with E-state index in [0.29, 0.717) is 12.1 Å². The van der Waals surface area contributed by atoms with Crippen LogP contribution in [0.15, 0.2) is 17.1 Å². The Bertz CT molecular complexity index is 608. The molecule has 114 valence electrons. The van der Waals surface area contributed by atoms with E-state index in [9.17, 15) is 22.4 Å². The molecule has 0 spiro atoms. The molecule has 2 rings (SSSR count). The summed E-state index contributed by atoms with van der Waals surface area (Å²) < 4.78 is 59.3. The second kappa shape index (κ2) is 5.41. The van der Waals surface area contributed by atoms with E-state index < -0.39 is 46.9 Å². The summed E-state index contributed by atoms with van der Waals surface area (Å²) in [7, 11) is 0. The molecular formula is C12H11F4N3O2. The highest BCUT2D eigenvalue weighted by atomic mass is 19.3. The monoisotopic (exact) mass is 305 g/mol. The first-order valence-corrected chi connectivity index (χ1v) is 5.79. The van der Waals surface area contributed by atoms with Gasteiger partial charge >= 0.3 is 0 Å². The molecule has 1 aliphatic heterocycles. The van der Waals surface area contributed by atoms with Gasteiger partial charge in [-0.1, -0.05) is 0 Å². The number of hydrogen-bond acceptors (Lipinski definition) is 4. The summed E-state index contributed by atoms with van der Waals surface area (Å²) in [6.07, 6.45) is -4.02. The van der Waals surface area contributed by atoms with Crippen molar-refractivity contribution in [3.05, 3.63) is 34.9 Å². The van der Waals surface area contributed by atoms with Gasteiger partial charge in [0.2, 0.25) is 5.91 Å². The molecule has 21 heavy (non-hydrogen) atoms. The first kappa shape index (κ1) is 15.4. The highest BCUT2D eigenvalue weighted by molar-refractivity contribution is 5.93. The molecule has 0 bridgehead atoms. The fourth-order valence-corrected chi connectivity index (χ4v) is 2.08. The second-order valence-electron chi connectivity index (χ2n) is 4.38. The van der Waals surface area contributed by atoms with Crippen molar-refractivity contribution in [3.63, 3.8) is 0 Å². The summed E-state index contributed by atoms with van der Waals surface area (Å²) in [6.45, 7) is -0.144. The molecular weight excluding hydrogens is 294 g/mol. The summed E-state index contributed by atoms with van der Waals surface area (Å²) in [4.78, 5) is 14.6. The number of carbonyl (C=O) groups is 1. The smallest absolute Gasteiger partial charge is 0.271 e. The van der Waals surface area contributed by atoms with Gasteiger partial charge in [0.1, 0.15) is 6.23 Å². The van der Waals surface area contributed by atoms with Crippen LogP contribution in [0, 0.1) is 11.6 Å². The Morgan fingerprint density at radius 2 is 2.10 bits per heavy atom. The van der Waals surface area contributed by atoms with Crippen molar-refractivity contribution in [2.45, 2.75) is 18.2 Å². The third-order valence-electron chi connectivity index (χ3n) is 3.17. The van der Waals surface area contributed by atoms with Gasteiger partial charge in [-0.2, -0.15) is 0 Å². The van der Waals surface area contributed by atoms with Gasteiger partial charge in [0, 0.05) is 17.3 Å². The van der Waals surface area contributed by atoms with Crippen molar-refractivity contribution < 1.29 is 27.1 Å². The van der Waals surface area contributed by atoms with Crippen LogP contribution in [-0.2, 0) is 10.3 Å². The molecule has 0 aliphatic carbocycles. The van der Waals surface area contributed by atoms with Crippen LogP contribution in [0.2, 0.25) is 0 Å². The Balaban J connectivity index is 2.74. The molecule has 1 amide bonds. The van der Waals surface area contributed by atoms with Gasteiger partial charge in [0.05, 0.1) is 6.61 Å². The van der Waals surface area contributed by atoms with Crippen molar-refractivity contribution in [2.24, 2.45) is 16.5 Å². The standard InChI is InChI=1S/C12H11F4N3O2/c13-7-4-5(9(17)20)3-6(8(7)14)12(10(15)16)11(18)21-2-1-19-12/h1,3-4,10-11H,2,18H2,(H2,17,20)/t11-,12?/m1/s1. The molecule has 0 saturated carbocycles. The van der Waals surface area contributed by atoms with Crippen LogP contribution in [0.25, 0.3) is 0 Å². The fourth-order valence-electron chi connectivity index (χ4n) is 2.08. The van der Waals surface area contributed by atoms with E-state index in [1.807, 2.05) is 0 Å². The number of nitrogens with zero attached hydrogens (tertiary/aromatic N) is 1. The van der Waals surface area contributed by atoms with Gasteiger partial charge in [-0.25, -0.2) is 17.6 Å². The summed E-state index contributed by atoms with van der Waals surface area (Å²) in [5, 5.41) is 0. The zero-order valence-electron chi connectivity index (χ0n) is 10.5. The van der Waals surface area contributed by atoms with Crippen LogP contribution >= 0.6 is 0 Å². The van der Waals surface area contributed by atoms with Crippen LogP contribution in [0.3, 0.4) is 0 Å². The lowest BCUT2D eigenvalue weighted by Crippen LogP contribution is -2.54. The number of aliphatic imine (C=N–C) groups is 1. The molecule has 5 nitrogen and oxygen atoms in total. The van der Waals surface area contributed by atoms with E-state index in [4.69, 9.17) is 16.2 Å². The lowest BCUT2D eigenvalue weighted by molar-refractivity contribution is -0.0666. The maximum absolute atomic E-state index is 14.0. The van der Waals surface area contributed by atoms with Crippen molar-refractivity contribution in [3.8, 4) is 0 Å². The Kier molecular flexibility index (Phi) is 3.97. The van der Waals surface area contributed by atoms with E-state index in [0.717, 1.165) is 6.21 Å². The first-order chi connectivity index (χ1) is 9.80. The molecule has 4 N–H and O–H groups in total. The number of nitrogens with two attached hydrogens (primary N) is 2. The van der Waals surface area contributed by atoms with Crippen LogP contribution in [-0.4, -0.2) is 31.4 Å². The minimum Gasteiger partial charge on any atom is -0.366 e. The zero-order valence-corrected chi connectivity index (χ0v) is 10.5. The summed E-state index contributed by atoms with van der Waals surface area (Å²) in [6, 6.07) is 1.22. The number of carbonyl (C=O) groups excluding carboxylic acids is 1. The van der Waals surface area contributed by atoms with Crippen molar-refractivity contribution >= 4 is 12.1 Å². The molecule has 0 fully saturated rings. The molecule has 1 heterocycles. The highest BCUT2D eigenvalue weighted by Gasteiger charge is 2.51. The maximum atomic E-state index is 14.0. The van der Waals surface area contributed by atoms with Crippen molar-refractivity contribution in [1.29, 1.82) is 0 Å². The number of amides is 1. The number of hydrogen-bond donors (Lipinski definition) is 2.